The van der Waals surface area contributed by atoms with E-state index in [2.05, 4.69) is 11.8 Å². The van der Waals surface area contributed by atoms with Crippen LogP contribution in [0, 0.1) is 0 Å². The van der Waals surface area contributed by atoms with Gasteiger partial charge in [-0.3, -0.25) is 9.59 Å². The smallest absolute Gasteiger partial charge is 0.312 e. The summed E-state index contributed by atoms with van der Waals surface area (Å²) in [4.78, 5) is 32.7. The molecule has 2 amide bonds. The maximum atomic E-state index is 12.8. The SMILES string of the molecule is CCN1CCN(C(=O)C(=O)N(CCN(C)C)C2CCS(=O)(=O)C2)CC1. The van der Waals surface area contributed by atoms with Crippen molar-refractivity contribution in [3.63, 3.8) is 0 Å². The van der Waals surface area contributed by atoms with Crippen molar-refractivity contribution in [3.05, 3.63) is 0 Å². The number of nitrogens with zero attached hydrogens (tertiary/aromatic N) is 4. The standard InChI is InChI=1S/C16H30N4O4S/c1-4-18-7-9-19(10-8-18)15(21)16(22)20(11-6-17(2)3)14-5-12-25(23,24)13-14/h14H,4-13H2,1-3H3. The van der Waals surface area contributed by atoms with E-state index in [4.69, 9.17) is 0 Å². The second-order valence-electron chi connectivity index (χ2n) is 7.09. The molecule has 0 saturated carbocycles. The molecule has 2 saturated heterocycles. The second kappa shape index (κ2) is 8.46. The largest absolute Gasteiger partial charge is 0.332 e. The van der Waals surface area contributed by atoms with Crippen LogP contribution in [0.5, 0.6) is 0 Å². The van der Waals surface area contributed by atoms with Gasteiger partial charge in [-0.2, -0.15) is 0 Å². The van der Waals surface area contributed by atoms with Crippen LogP contribution in [0.4, 0.5) is 0 Å². The van der Waals surface area contributed by atoms with Crippen LogP contribution in [0.3, 0.4) is 0 Å². The van der Waals surface area contributed by atoms with Gasteiger partial charge in [-0.1, -0.05) is 6.92 Å². The Balaban J connectivity index is 2.05. The molecule has 1 unspecified atom stereocenters. The fourth-order valence-corrected chi connectivity index (χ4v) is 5.03. The molecule has 2 aliphatic rings. The fraction of sp³-hybridized carbons (Fsp3) is 0.875. The summed E-state index contributed by atoms with van der Waals surface area (Å²) < 4.78 is 23.6. The Kier molecular flexibility index (Phi) is 6.81. The molecule has 0 aromatic rings. The summed E-state index contributed by atoms with van der Waals surface area (Å²) in [6.45, 7) is 6.60. The average molecular weight is 375 g/mol. The molecule has 2 aliphatic heterocycles. The van der Waals surface area contributed by atoms with Gasteiger partial charge >= 0.3 is 11.8 Å². The molecule has 0 spiro atoms. The van der Waals surface area contributed by atoms with Crippen molar-refractivity contribution in [3.8, 4) is 0 Å². The van der Waals surface area contributed by atoms with Gasteiger partial charge in [0.25, 0.3) is 0 Å². The van der Waals surface area contributed by atoms with Gasteiger partial charge in [-0.05, 0) is 27.1 Å². The van der Waals surface area contributed by atoms with Crippen LogP contribution in [0.25, 0.3) is 0 Å². The Hall–Kier alpha value is -1.19. The number of hydrogen-bond acceptors (Lipinski definition) is 6. The highest BCUT2D eigenvalue weighted by Gasteiger charge is 2.38. The first-order valence-electron chi connectivity index (χ1n) is 8.91. The molecule has 144 valence electrons. The third kappa shape index (κ3) is 5.39. The molecular formula is C16H30N4O4S. The quantitative estimate of drug-likeness (QED) is 0.558. The Bertz CT molecular complexity index is 585. The lowest BCUT2D eigenvalue weighted by molar-refractivity contribution is -0.154. The highest BCUT2D eigenvalue weighted by Crippen LogP contribution is 2.18. The molecule has 0 radical (unpaired) electrons. The van der Waals surface area contributed by atoms with E-state index in [0.29, 0.717) is 32.6 Å². The Morgan fingerprint density at radius 2 is 1.72 bits per heavy atom. The zero-order valence-corrected chi connectivity index (χ0v) is 16.3. The van der Waals surface area contributed by atoms with Crippen LogP contribution in [0.1, 0.15) is 13.3 Å². The maximum Gasteiger partial charge on any atom is 0.312 e. The Labute approximate surface area is 150 Å². The Morgan fingerprint density at radius 1 is 1.08 bits per heavy atom. The molecule has 0 bridgehead atoms. The van der Waals surface area contributed by atoms with Crippen LogP contribution < -0.4 is 0 Å². The van der Waals surface area contributed by atoms with E-state index < -0.39 is 27.7 Å². The lowest BCUT2D eigenvalue weighted by atomic mass is 10.2. The van der Waals surface area contributed by atoms with Crippen LogP contribution >= 0.6 is 0 Å². The molecule has 0 N–H and O–H groups in total. The van der Waals surface area contributed by atoms with Crippen molar-refractivity contribution in [1.29, 1.82) is 0 Å². The molecule has 0 aromatic carbocycles. The normalized spacial score (nSPS) is 23.8. The van der Waals surface area contributed by atoms with Crippen molar-refractivity contribution in [2.45, 2.75) is 19.4 Å². The summed E-state index contributed by atoms with van der Waals surface area (Å²) in [7, 11) is 0.665. The van der Waals surface area contributed by atoms with E-state index >= 15 is 0 Å². The highest BCUT2D eigenvalue weighted by molar-refractivity contribution is 7.91. The number of rotatable bonds is 5. The fourth-order valence-electron chi connectivity index (χ4n) is 3.30. The first kappa shape index (κ1) is 20.1. The van der Waals surface area contributed by atoms with Gasteiger partial charge in [-0.25, -0.2) is 8.42 Å². The van der Waals surface area contributed by atoms with E-state index in [1.165, 1.54) is 4.90 Å². The predicted molar refractivity (Wildman–Crippen MR) is 96.0 cm³/mol. The number of likely N-dealkylation sites (N-methyl/N-ethyl adjacent to an activating group) is 2. The second-order valence-corrected chi connectivity index (χ2v) is 9.31. The topological polar surface area (TPSA) is 81.2 Å². The van der Waals surface area contributed by atoms with Crippen molar-refractivity contribution in [2.24, 2.45) is 0 Å². The van der Waals surface area contributed by atoms with Crippen molar-refractivity contribution in [1.82, 2.24) is 19.6 Å². The molecule has 2 fully saturated rings. The van der Waals surface area contributed by atoms with E-state index in [-0.39, 0.29) is 11.5 Å². The van der Waals surface area contributed by atoms with Gasteiger partial charge in [0.2, 0.25) is 0 Å². The highest BCUT2D eigenvalue weighted by atomic mass is 32.2. The molecule has 25 heavy (non-hydrogen) atoms. The molecular weight excluding hydrogens is 344 g/mol. The maximum absolute atomic E-state index is 12.8. The molecule has 1 atom stereocenters. The number of hydrogen-bond donors (Lipinski definition) is 0. The summed E-state index contributed by atoms with van der Waals surface area (Å²) in [6, 6.07) is -0.390. The first-order valence-corrected chi connectivity index (χ1v) is 10.7. The van der Waals surface area contributed by atoms with E-state index in [9.17, 15) is 18.0 Å². The number of piperazine rings is 1. The van der Waals surface area contributed by atoms with E-state index in [1.54, 1.807) is 4.90 Å². The summed E-state index contributed by atoms with van der Waals surface area (Å²) in [5.41, 5.74) is 0. The predicted octanol–water partition coefficient (Wildman–Crippen LogP) is -1.27. The van der Waals surface area contributed by atoms with Gasteiger partial charge in [0, 0.05) is 45.3 Å². The van der Waals surface area contributed by atoms with E-state index in [0.717, 1.165) is 19.6 Å². The number of carbonyl (C=O) groups is 2. The minimum Gasteiger partial charge on any atom is -0.332 e. The van der Waals surface area contributed by atoms with Gasteiger partial charge in [0.15, 0.2) is 9.84 Å². The van der Waals surface area contributed by atoms with Crippen LogP contribution in [-0.4, -0.2) is 117 Å². The minimum atomic E-state index is -3.11. The third-order valence-corrected chi connectivity index (χ3v) is 6.74. The number of sulfone groups is 1. The van der Waals surface area contributed by atoms with Crippen molar-refractivity contribution < 1.29 is 18.0 Å². The first-order chi connectivity index (χ1) is 11.7. The van der Waals surface area contributed by atoms with Crippen LogP contribution in [0.2, 0.25) is 0 Å². The summed E-state index contributed by atoms with van der Waals surface area (Å²) in [5, 5.41) is 0. The van der Waals surface area contributed by atoms with E-state index in [1.807, 2.05) is 19.0 Å². The Morgan fingerprint density at radius 3 is 2.20 bits per heavy atom. The summed E-state index contributed by atoms with van der Waals surface area (Å²) in [5.74, 6) is -1.01. The van der Waals surface area contributed by atoms with Crippen molar-refractivity contribution in [2.75, 3.05) is 71.4 Å². The summed E-state index contributed by atoms with van der Waals surface area (Å²) in [6.07, 6.45) is 0.415. The summed E-state index contributed by atoms with van der Waals surface area (Å²) >= 11 is 0. The number of amides is 2. The monoisotopic (exact) mass is 374 g/mol. The molecule has 2 heterocycles. The van der Waals surface area contributed by atoms with Crippen LogP contribution in [-0.2, 0) is 19.4 Å². The van der Waals surface area contributed by atoms with Gasteiger partial charge in [0.1, 0.15) is 0 Å². The molecule has 2 rings (SSSR count). The lowest BCUT2D eigenvalue weighted by Gasteiger charge is -2.36. The van der Waals surface area contributed by atoms with Crippen molar-refractivity contribution >= 4 is 21.7 Å². The minimum absolute atomic E-state index is 0.0386. The zero-order valence-electron chi connectivity index (χ0n) is 15.5. The van der Waals surface area contributed by atoms with Gasteiger partial charge in [0.05, 0.1) is 11.5 Å². The molecule has 8 nitrogen and oxygen atoms in total. The van der Waals surface area contributed by atoms with Crippen LogP contribution in [0.15, 0.2) is 0 Å². The third-order valence-electron chi connectivity index (χ3n) is 4.99. The number of carbonyl (C=O) groups excluding carboxylic acids is 2. The molecule has 0 aliphatic carbocycles. The lowest BCUT2D eigenvalue weighted by Crippen LogP contribution is -2.55. The zero-order chi connectivity index (χ0) is 18.6. The molecule has 9 heteroatoms. The average Bonchev–Trinajstić information content (AvgIpc) is 2.93. The van der Waals surface area contributed by atoms with Gasteiger partial charge in [-0.15, -0.1) is 0 Å². The molecule has 0 aromatic heterocycles. The van der Waals surface area contributed by atoms with Gasteiger partial charge < -0.3 is 19.6 Å².